The SMILES string of the molecule is CN(C)c1ccc(Cn2ccnc2-c2cc(Cl)cc(Br)c2)cc1. The molecule has 5 heteroatoms. The van der Waals surface area contributed by atoms with Crippen molar-refractivity contribution in [3.63, 3.8) is 0 Å². The summed E-state index contributed by atoms with van der Waals surface area (Å²) in [5, 5.41) is 0.694. The molecule has 118 valence electrons. The molecular weight excluding hydrogens is 374 g/mol. The van der Waals surface area contributed by atoms with Crippen LogP contribution in [0.15, 0.2) is 59.3 Å². The Bertz CT molecular complexity index is 789. The Balaban J connectivity index is 1.89. The van der Waals surface area contributed by atoms with Crippen molar-refractivity contribution in [1.82, 2.24) is 9.55 Å². The topological polar surface area (TPSA) is 21.1 Å². The van der Waals surface area contributed by atoms with Crippen LogP contribution in [-0.2, 0) is 6.54 Å². The molecule has 0 radical (unpaired) electrons. The van der Waals surface area contributed by atoms with Gasteiger partial charge in [0.1, 0.15) is 5.82 Å². The molecule has 3 aromatic rings. The fraction of sp³-hybridized carbons (Fsp3) is 0.167. The van der Waals surface area contributed by atoms with Crippen LogP contribution in [-0.4, -0.2) is 23.6 Å². The Kier molecular flexibility index (Phi) is 4.74. The zero-order valence-electron chi connectivity index (χ0n) is 13.0. The average molecular weight is 391 g/mol. The largest absolute Gasteiger partial charge is 0.378 e. The van der Waals surface area contributed by atoms with E-state index in [4.69, 9.17) is 11.6 Å². The van der Waals surface area contributed by atoms with E-state index in [2.05, 4.69) is 54.6 Å². The lowest BCUT2D eigenvalue weighted by Crippen LogP contribution is -2.08. The van der Waals surface area contributed by atoms with Crippen LogP contribution >= 0.6 is 27.5 Å². The van der Waals surface area contributed by atoms with Crippen LogP contribution in [0.5, 0.6) is 0 Å². The van der Waals surface area contributed by atoms with Gasteiger partial charge in [0.05, 0.1) is 0 Å². The van der Waals surface area contributed by atoms with E-state index in [9.17, 15) is 0 Å². The minimum Gasteiger partial charge on any atom is -0.378 e. The van der Waals surface area contributed by atoms with Crippen molar-refractivity contribution in [2.24, 2.45) is 0 Å². The summed E-state index contributed by atoms with van der Waals surface area (Å²) in [6.07, 6.45) is 3.81. The van der Waals surface area contributed by atoms with E-state index >= 15 is 0 Å². The number of imidazole rings is 1. The van der Waals surface area contributed by atoms with Gasteiger partial charge in [-0.1, -0.05) is 39.7 Å². The monoisotopic (exact) mass is 389 g/mol. The normalized spacial score (nSPS) is 10.8. The summed E-state index contributed by atoms with van der Waals surface area (Å²) in [6.45, 7) is 0.771. The van der Waals surface area contributed by atoms with Gasteiger partial charge in [-0.2, -0.15) is 0 Å². The van der Waals surface area contributed by atoms with Crippen LogP contribution in [0.25, 0.3) is 11.4 Å². The van der Waals surface area contributed by atoms with Crippen molar-refractivity contribution in [3.8, 4) is 11.4 Å². The lowest BCUT2D eigenvalue weighted by Gasteiger charge is -2.13. The molecule has 23 heavy (non-hydrogen) atoms. The summed E-state index contributed by atoms with van der Waals surface area (Å²) < 4.78 is 3.08. The van der Waals surface area contributed by atoms with Crippen LogP contribution in [0, 0.1) is 0 Å². The summed E-state index contributed by atoms with van der Waals surface area (Å²) >= 11 is 9.64. The van der Waals surface area contributed by atoms with E-state index in [1.54, 1.807) is 0 Å². The van der Waals surface area contributed by atoms with Gasteiger partial charge in [-0.05, 0) is 35.9 Å². The highest BCUT2D eigenvalue weighted by Crippen LogP contribution is 2.27. The number of benzene rings is 2. The van der Waals surface area contributed by atoms with E-state index in [0.29, 0.717) is 5.02 Å². The molecule has 0 fully saturated rings. The van der Waals surface area contributed by atoms with Crippen molar-refractivity contribution >= 4 is 33.2 Å². The van der Waals surface area contributed by atoms with E-state index in [1.807, 2.05) is 44.7 Å². The third kappa shape index (κ3) is 3.77. The third-order valence-electron chi connectivity index (χ3n) is 3.64. The Hall–Kier alpha value is -1.78. The second-order valence-corrected chi connectivity index (χ2v) is 6.95. The van der Waals surface area contributed by atoms with Gasteiger partial charge in [-0.25, -0.2) is 4.98 Å². The molecule has 0 unspecified atom stereocenters. The fourth-order valence-electron chi connectivity index (χ4n) is 2.48. The van der Waals surface area contributed by atoms with Gasteiger partial charge < -0.3 is 9.47 Å². The molecule has 0 spiro atoms. The van der Waals surface area contributed by atoms with Crippen molar-refractivity contribution in [2.75, 3.05) is 19.0 Å². The fourth-order valence-corrected chi connectivity index (χ4v) is 3.34. The number of hydrogen-bond donors (Lipinski definition) is 0. The zero-order valence-corrected chi connectivity index (χ0v) is 15.3. The van der Waals surface area contributed by atoms with Crippen molar-refractivity contribution < 1.29 is 0 Å². The highest BCUT2D eigenvalue weighted by molar-refractivity contribution is 9.10. The van der Waals surface area contributed by atoms with Gasteiger partial charge in [-0.3, -0.25) is 0 Å². The molecule has 0 aliphatic rings. The van der Waals surface area contributed by atoms with Crippen LogP contribution in [0.2, 0.25) is 5.02 Å². The maximum Gasteiger partial charge on any atom is 0.140 e. The van der Waals surface area contributed by atoms with E-state index in [1.165, 1.54) is 11.3 Å². The molecule has 0 amide bonds. The van der Waals surface area contributed by atoms with Gasteiger partial charge in [0.25, 0.3) is 0 Å². The van der Waals surface area contributed by atoms with E-state index in [-0.39, 0.29) is 0 Å². The molecule has 0 saturated carbocycles. The first kappa shape index (κ1) is 16.1. The molecule has 0 aliphatic carbocycles. The van der Waals surface area contributed by atoms with Crippen molar-refractivity contribution in [2.45, 2.75) is 6.54 Å². The summed E-state index contributed by atoms with van der Waals surface area (Å²) in [4.78, 5) is 6.58. The smallest absolute Gasteiger partial charge is 0.140 e. The van der Waals surface area contributed by atoms with Gasteiger partial charge in [0.2, 0.25) is 0 Å². The van der Waals surface area contributed by atoms with Gasteiger partial charge in [0, 0.05) is 53.8 Å². The average Bonchev–Trinajstić information content (AvgIpc) is 2.95. The second kappa shape index (κ2) is 6.77. The Labute approximate surface area is 149 Å². The lowest BCUT2D eigenvalue weighted by atomic mass is 10.2. The van der Waals surface area contributed by atoms with Crippen LogP contribution in [0.3, 0.4) is 0 Å². The standard InChI is InChI=1S/C18H17BrClN3/c1-22(2)17-5-3-13(4-6-17)12-23-8-7-21-18(23)14-9-15(19)11-16(20)10-14/h3-11H,12H2,1-2H3. The molecule has 3 nitrogen and oxygen atoms in total. The summed E-state index contributed by atoms with van der Waals surface area (Å²) in [5.74, 6) is 0.907. The predicted molar refractivity (Wildman–Crippen MR) is 100 cm³/mol. The highest BCUT2D eigenvalue weighted by atomic mass is 79.9. The van der Waals surface area contributed by atoms with Crippen molar-refractivity contribution in [1.29, 1.82) is 0 Å². The molecule has 0 saturated heterocycles. The zero-order chi connectivity index (χ0) is 16.4. The third-order valence-corrected chi connectivity index (χ3v) is 4.32. The predicted octanol–water partition coefficient (Wildman–Crippen LogP) is 5.08. The summed E-state index contributed by atoms with van der Waals surface area (Å²) in [7, 11) is 4.08. The molecule has 0 N–H and O–H groups in total. The highest BCUT2D eigenvalue weighted by Gasteiger charge is 2.08. The van der Waals surface area contributed by atoms with Crippen LogP contribution in [0.4, 0.5) is 5.69 Å². The molecule has 1 aromatic heterocycles. The Morgan fingerprint density at radius 2 is 1.87 bits per heavy atom. The molecule has 0 bridgehead atoms. The van der Waals surface area contributed by atoms with Crippen molar-refractivity contribution in [3.05, 3.63) is 69.9 Å². The number of nitrogens with zero attached hydrogens (tertiary/aromatic N) is 3. The maximum atomic E-state index is 6.15. The minimum absolute atomic E-state index is 0.694. The molecule has 3 rings (SSSR count). The lowest BCUT2D eigenvalue weighted by molar-refractivity contribution is 0.807. The molecule has 0 aliphatic heterocycles. The summed E-state index contributed by atoms with van der Waals surface area (Å²) in [6, 6.07) is 14.4. The van der Waals surface area contributed by atoms with Gasteiger partial charge in [0.15, 0.2) is 0 Å². The second-order valence-electron chi connectivity index (χ2n) is 5.60. The number of halogens is 2. The first-order chi connectivity index (χ1) is 11.0. The maximum absolute atomic E-state index is 6.15. The number of anilines is 1. The molecule has 1 heterocycles. The van der Waals surface area contributed by atoms with E-state index in [0.717, 1.165) is 22.4 Å². The molecule has 0 atom stereocenters. The number of rotatable bonds is 4. The molecule has 2 aromatic carbocycles. The number of hydrogen-bond acceptors (Lipinski definition) is 2. The Morgan fingerprint density at radius 1 is 1.13 bits per heavy atom. The Morgan fingerprint density at radius 3 is 2.52 bits per heavy atom. The minimum atomic E-state index is 0.694. The first-order valence-corrected chi connectivity index (χ1v) is 8.44. The quantitative estimate of drug-likeness (QED) is 0.619. The van der Waals surface area contributed by atoms with Crippen LogP contribution < -0.4 is 4.90 Å². The van der Waals surface area contributed by atoms with Crippen LogP contribution in [0.1, 0.15) is 5.56 Å². The first-order valence-electron chi connectivity index (χ1n) is 7.27. The van der Waals surface area contributed by atoms with Gasteiger partial charge >= 0.3 is 0 Å². The van der Waals surface area contributed by atoms with Gasteiger partial charge in [-0.15, -0.1) is 0 Å². The summed E-state index contributed by atoms with van der Waals surface area (Å²) in [5.41, 5.74) is 3.42. The molecular formula is C18H17BrClN3. The number of aromatic nitrogens is 2. The van der Waals surface area contributed by atoms with E-state index < -0.39 is 0 Å².